The van der Waals surface area contributed by atoms with Gasteiger partial charge in [-0.25, -0.2) is 0 Å². The molecular weight excluding hydrogens is 248 g/mol. The van der Waals surface area contributed by atoms with Crippen molar-refractivity contribution < 1.29 is 19.1 Å². The first-order valence-electron chi connectivity index (χ1n) is 6.15. The molecule has 0 aliphatic rings. The molecule has 0 aromatic heterocycles. The van der Waals surface area contributed by atoms with E-state index in [1.165, 1.54) is 0 Å². The van der Waals surface area contributed by atoms with Gasteiger partial charge >= 0.3 is 5.97 Å². The van der Waals surface area contributed by atoms with Crippen molar-refractivity contribution in [3.05, 3.63) is 0 Å². The van der Waals surface area contributed by atoms with Gasteiger partial charge in [0.25, 0.3) is 5.91 Å². The van der Waals surface area contributed by atoms with E-state index in [0.717, 1.165) is 0 Å². The van der Waals surface area contributed by atoms with Crippen LogP contribution in [0.5, 0.6) is 0 Å². The van der Waals surface area contributed by atoms with Crippen LogP contribution in [-0.4, -0.2) is 35.8 Å². The summed E-state index contributed by atoms with van der Waals surface area (Å²) in [5, 5.41) is 2.34. The molecule has 0 aromatic rings. The van der Waals surface area contributed by atoms with Crippen LogP contribution in [0.3, 0.4) is 0 Å². The molecular formula is C13H24N2O4. The summed E-state index contributed by atoms with van der Waals surface area (Å²) in [5.74, 6) is -1.91. The average molecular weight is 272 g/mol. The van der Waals surface area contributed by atoms with Gasteiger partial charge in [0.05, 0.1) is 0 Å². The number of rotatable bonds is 4. The Kier molecular flexibility index (Phi) is 5.68. The van der Waals surface area contributed by atoms with Crippen molar-refractivity contribution in [2.45, 2.75) is 53.2 Å². The lowest BCUT2D eigenvalue weighted by molar-refractivity contribution is -0.156. The Hall–Kier alpha value is -1.43. The van der Waals surface area contributed by atoms with Gasteiger partial charge in [-0.05, 0) is 20.8 Å². The summed E-state index contributed by atoms with van der Waals surface area (Å²) in [6.07, 6.45) is 0. The molecule has 19 heavy (non-hydrogen) atoms. The van der Waals surface area contributed by atoms with E-state index in [9.17, 15) is 14.4 Å². The first kappa shape index (κ1) is 17.6. The summed E-state index contributed by atoms with van der Waals surface area (Å²) in [7, 11) is 0. The zero-order valence-electron chi connectivity index (χ0n) is 12.5. The highest BCUT2D eigenvalue weighted by Gasteiger charge is 2.29. The minimum atomic E-state index is -0.990. The summed E-state index contributed by atoms with van der Waals surface area (Å²) < 4.78 is 5.06. The number of ether oxygens (including phenoxy) is 1. The Balaban J connectivity index is 4.31. The molecule has 0 bridgehead atoms. The minimum absolute atomic E-state index is 0.129. The number of Topliss-reactive ketones (excluding diaryl/α,β-unsaturated/α-hetero) is 1. The van der Waals surface area contributed by atoms with Crippen LogP contribution in [0.4, 0.5) is 0 Å². The van der Waals surface area contributed by atoms with Crippen molar-refractivity contribution >= 4 is 17.7 Å². The Bertz CT molecular complexity index is 364. The number of ketones is 1. The second-order valence-corrected chi connectivity index (χ2v) is 6.43. The molecule has 3 N–H and O–H groups in total. The highest BCUT2D eigenvalue weighted by atomic mass is 16.6. The topological polar surface area (TPSA) is 98.5 Å². The molecule has 0 spiro atoms. The van der Waals surface area contributed by atoms with Crippen LogP contribution in [0.15, 0.2) is 0 Å². The van der Waals surface area contributed by atoms with Crippen molar-refractivity contribution in [2.75, 3.05) is 6.54 Å². The number of hydrogen-bond acceptors (Lipinski definition) is 5. The van der Waals surface area contributed by atoms with E-state index in [2.05, 4.69) is 5.32 Å². The lowest BCUT2D eigenvalue weighted by Crippen LogP contribution is -2.48. The fourth-order valence-corrected chi connectivity index (χ4v) is 1.08. The van der Waals surface area contributed by atoms with Crippen LogP contribution in [0.2, 0.25) is 0 Å². The Morgan fingerprint density at radius 3 is 1.95 bits per heavy atom. The molecule has 0 aliphatic carbocycles. The van der Waals surface area contributed by atoms with Gasteiger partial charge in [-0.1, -0.05) is 20.8 Å². The van der Waals surface area contributed by atoms with Gasteiger partial charge in [0.2, 0.25) is 5.78 Å². The molecule has 0 aromatic carbocycles. The van der Waals surface area contributed by atoms with Crippen LogP contribution < -0.4 is 11.1 Å². The molecule has 0 radical (unpaired) electrons. The van der Waals surface area contributed by atoms with Crippen molar-refractivity contribution in [3.8, 4) is 0 Å². The van der Waals surface area contributed by atoms with E-state index in [1.54, 1.807) is 41.5 Å². The third-order valence-corrected chi connectivity index (χ3v) is 2.08. The molecule has 0 heterocycles. The lowest BCUT2D eigenvalue weighted by Gasteiger charge is -2.22. The van der Waals surface area contributed by atoms with Gasteiger partial charge in [-0.15, -0.1) is 0 Å². The van der Waals surface area contributed by atoms with Crippen LogP contribution in [-0.2, 0) is 19.1 Å². The average Bonchev–Trinajstić information content (AvgIpc) is 2.20. The summed E-state index contributed by atoms with van der Waals surface area (Å²) in [6, 6.07) is -0.990. The number of esters is 1. The van der Waals surface area contributed by atoms with Gasteiger partial charge in [-0.3, -0.25) is 14.4 Å². The smallest absolute Gasteiger partial charge is 0.325 e. The number of carbonyl (C=O) groups is 3. The first-order valence-corrected chi connectivity index (χ1v) is 6.15. The number of nitrogens with two attached hydrogens (primary N) is 1. The number of hydrogen-bond donors (Lipinski definition) is 2. The van der Waals surface area contributed by atoms with Crippen LogP contribution >= 0.6 is 0 Å². The van der Waals surface area contributed by atoms with Crippen LogP contribution in [0, 0.1) is 5.41 Å². The Labute approximate surface area is 114 Å². The van der Waals surface area contributed by atoms with Gasteiger partial charge in [0.15, 0.2) is 0 Å². The molecule has 6 nitrogen and oxygen atoms in total. The number of amides is 1. The maximum atomic E-state index is 11.6. The van der Waals surface area contributed by atoms with E-state index >= 15 is 0 Å². The fraction of sp³-hybridized carbons (Fsp3) is 0.769. The van der Waals surface area contributed by atoms with Gasteiger partial charge in [-0.2, -0.15) is 0 Å². The fourth-order valence-electron chi connectivity index (χ4n) is 1.08. The second kappa shape index (κ2) is 6.14. The standard InChI is InChI=1S/C13H24N2O4/c1-12(2,3)9(16)10(17)15-7-8(14)11(18)19-13(4,5)6/h8H,7,14H2,1-6H3,(H,15,17). The molecule has 0 saturated heterocycles. The third-order valence-electron chi connectivity index (χ3n) is 2.08. The molecule has 0 fully saturated rings. The maximum Gasteiger partial charge on any atom is 0.325 e. The Morgan fingerprint density at radius 1 is 1.11 bits per heavy atom. The summed E-state index contributed by atoms with van der Waals surface area (Å²) in [5.41, 5.74) is 4.18. The Morgan fingerprint density at radius 2 is 1.58 bits per heavy atom. The number of carbonyl (C=O) groups excluding carboxylic acids is 3. The van der Waals surface area contributed by atoms with Gasteiger partial charge in [0.1, 0.15) is 11.6 Å². The molecule has 0 aliphatic heterocycles. The van der Waals surface area contributed by atoms with E-state index in [4.69, 9.17) is 10.5 Å². The third kappa shape index (κ3) is 6.91. The first-order chi connectivity index (χ1) is 8.34. The van der Waals surface area contributed by atoms with Crippen LogP contribution in [0.25, 0.3) is 0 Å². The van der Waals surface area contributed by atoms with Crippen molar-refractivity contribution in [1.82, 2.24) is 5.32 Å². The highest BCUT2D eigenvalue weighted by Crippen LogP contribution is 2.14. The van der Waals surface area contributed by atoms with Crippen molar-refractivity contribution in [3.63, 3.8) is 0 Å². The second-order valence-electron chi connectivity index (χ2n) is 6.43. The van der Waals surface area contributed by atoms with E-state index in [0.29, 0.717) is 0 Å². The van der Waals surface area contributed by atoms with Crippen LogP contribution in [0.1, 0.15) is 41.5 Å². The summed E-state index contributed by atoms with van der Waals surface area (Å²) in [4.78, 5) is 34.7. The molecule has 0 rings (SSSR count). The van der Waals surface area contributed by atoms with Gasteiger partial charge < -0.3 is 15.8 Å². The van der Waals surface area contributed by atoms with Gasteiger partial charge in [0, 0.05) is 12.0 Å². The normalized spacial score (nSPS) is 13.6. The summed E-state index contributed by atoms with van der Waals surface area (Å²) in [6.45, 7) is 9.96. The SMILES string of the molecule is CC(C)(C)OC(=O)C(N)CNC(=O)C(=O)C(C)(C)C. The predicted octanol–water partition coefficient (Wildman–Crippen LogP) is 0.387. The van der Waals surface area contributed by atoms with E-state index in [-0.39, 0.29) is 6.54 Å². The number of nitrogens with one attached hydrogen (secondary N) is 1. The minimum Gasteiger partial charge on any atom is -0.459 e. The quantitative estimate of drug-likeness (QED) is 0.569. The monoisotopic (exact) mass is 272 g/mol. The van der Waals surface area contributed by atoms with E-state index in [1.807, 2.05) is 0 Å². The summed E-state index contributed by atoms with van der Waals surface area (Å²) >= 11 is 0. The zero-order valence-corrected chi connectivity index (χ0v) is 12.5. The molecule has 1 atom stereocenters. The van der Waals surface area contributed by atoms with Crippen molar-refractivity contribution in [1.29, 1.82) is 0 Å². The largest absolute Gasteiger partial charge is 0.459 e. The molecule has 0 saturated carbocycles. The molecule has 1 amide bonds. The lowest BCUT2D eigenvalue weighted by atomic mass is 9.90. The molecule has 6 heteroatoms. The zero-order chi connectivity index (χ0) is 15.4. The molecule has 1 unspecified atom stereocenters. The predicted molar refractivity (Wildman–Crippen MR) is 71.3 cm³/mol. The molecule has 110 valence electrons. The maximum absolute atomic E-state index is 11.6. The highest BCUT2D eigenvalue weighted by molar-refractivity contribution is 6.37. The van der Waals surface area contributed by atoms with Crippen molar-refractivity contribution in [2.24, 2.45) is 11.1 Å². The van der Waals surface area contributed by atoms with E-state index < -0.39 is 34.7 Å².